The van der Waals surface area contributed by atoms with E-state index < -0.39 is 0 Å². The van der Waals surface area contributed by atoms with Crippen molar-refractivity contribution in [2.75, 3.05) is 50.1 Å². The normalized spacial score (nSPS) is 15.0. The third-order valence-electron chi connectivity index (χ3n) is 4.21. The van der Waals surface area contributed by atoms with Crippen LogP contribution in [0, 0.1) is 0 Å². The van der Waals surface area contributed by atoms with E-state index in [4.69, 9.17) is 0 Å². The molecule has 25 heavy (non-hydrogen) atoms. The Balaban J connectivity index is 1.44. The Morgan fingerprint density at radius 2 is 1.96 bits per heavy atom. The Kier molecular flexibility index (Phi) is 4.30. The van der Waals surface area contributed by atoms with Gasteiger partial charge < -0.3 is 14.7 Å². The van der Waals surface area contributed by atoms with Gasteiger partial charge in [0.1, 0.15) is 10.6 Å². The number of aromatic nitrogens is 2. The molecule has 4 rings (SSSR count). The van der Waals surface area contributed by atoms with E-state index in [1.807, 2.05) is 48.2 Å². The summed E-state index contributed by atoms with van der Waals surface area (Å²) in [5.41, 5.74) is 0. The fraction of sp³-hybridized carbons (Fsp3) is 0.353. The monoisotopic (exact) mass is 373 g/mol. The SMILES string of the molecule is CN(C)c1nc2sc(C(=O)N3CCN(c4ccccn4)CC3)cc2s1. The molecule has 0 radical (unpaired) electrons. The van der Waals surface area contributed by atoms with Crippen LogP contribution in [0.3, 0.4) is 0 Å². The number of carbonyl (C=O) groups is 1. The molecule has 0 aliphatic carbocycles. The number of piperazine rings is 1. The molecule has 3 aromatic rings. The number of carbonyl (C=O) groups excluding carboxylic acids is 1. The van der Waals surface area contributed by atoms with Gasteiger partial charge in [0.25, 0.3) is 5.91 Å². The molecule has 0 N–H and O–H groups in total. The maximum atomic E-state index is 12.8. The summed E-state index contributed by atoms with van der Waals surface area (Å²) < 4.78 is 1.09. The molecule has 6 nitrogen and oxygen atoms in total. The zero-order chi connectivity index (χ0) is 17.4. The van der Waals surface area contributed by atoms with Gasteiger partial charge in [0, 0.05) is 46.5 Å². The maximum Gasteiger partial charge on any atom is 0.264 e. The predicted octanol–water partition coefficient (Wildman–Crippen LogP) is 2.78. The van der Waals surface area contributed by atoms with Gasteiger partial charge in [0.05, 0.1) is 9.58 Å². The molecule has 8 heteroatoms. The molecule has 0 aromatic carbocycles. The van der Waals surface area contributed by atoms with E-state index in [1.165, 1.54) is 11.3 Å². The lowest BCUT2D eigenvalue weighted by molar-refractivity contribution is 0.0751. The molecule has 1 fully saturated rings. The quantitative estimate of drug-likeness (QED) is 0.707. The number of amides is 1. The topological polar surface area (TPSA) is 52.6 Å². The molecule has 1 amide bonds. The fourth-order valence-electron chi connectivity index (χ4n) is 2.86. The highest BCUT2D eigenvalue weighted by molar-refractivity contribution is 7.29. The number of thiazole rings is 1. The number of anilines is 2. The summed E-state index contributed by atoms with van der Waals surface area (Å²) in [6.07, 6.45) is 1.81. The van der Waals surface area contributed by atoms with Gasteiger partial charge in [-0.3, -0.25) is 4.79 Å². The van der Waals surface area contributed by atoms with Gasteiger partial charge in [0.2, 0.25) is 0 Å². The van der Waals surface area contributed by atoms with Crippen molar-refractivity contribution in [1.82, 2.24) is 14.9 Å². The Hall–Kier alpha value is -2.19. The number of thiophene rings is 1. The lowest BCUT2D eigenvalue weighted by atomic mass is 10.3. The van der Waals surface area contributed by atoms with Crippen LogP contribution in [0.2, 0.25) is 0 Å². The molecule has 0 atom stereocenters. The minimum atomic E-state index is 0.113. The second-order valence-corrected chi connectivity index (χ2v) is 8.18. The van der Waals surface area contributed by atoms with Crippen LogP contribution in [0.4, 0.5) is 10.9 Å². The summed E-state index contributed by atoms with van der Waals surface area (Å²) in [7, 11) is 3.96. The maximum absolute atomic E-state index is 12.8. The van der Waals surface area contributed by atoms with Gasteiger partial charge in [-0.05, 0) is 18.2 Å². The zero-order valence-electron chi connectivity index (χ0n) is 14.2. The van der Waals surface area contributed by atoms with E-state index in [-0.39, 0.29) is 5.91 Å². The van der Waals surface area contributed by atoms with Crippen molar-refractivity contribution in [1.29, 1.82) is 0 Å². The number of pyridine rings is 1. The molecule has 130 valence electrons. The molecule has 4 heterocycles. The highest BCUT2D eigenvalue weighted by Crippen LogP contribution is 2.34. The van der Waals surface area contributed by atoms with Crippen LogP contribution in [0.5, 0.6) is 0 Å². The fourth-order valence-corrected chi connectivity index (χ4v) is 4.96. The van der Waals surface area contributed by atoms with Crippen LogP contribution < -0.4 is 9.80 Å². The second kappa shape index (κ2) is 6.61. The number of fused-ring (bicyclic) bond motifs is 1. The first-order valence-corrected chi connectivity index (χ1v) is 9.78. The van der Waals surface area contributed by atoms with Crippen LogP contribution in [-0.4, -0.2) is 61.0 Å². The standard InChI is InChI=1S/C17H19N5OS2/c1-20(2)17-19-15-12(25-17)11-13(24-15)16(23)22-9-7-21(8-10-22)14-5-3-4-6-18-14/h3-6,11H,7-10H2,1-2H3. The lowest BCUT2D eigenvalue weighted by Gasteiger charge is -2.35. The van der Waals surface area contributed by atoms with Crippen LogP contribution in [0.25, 0.3) is 9.53 Å². The summed E-state index contributed by atoms with van der Waals surface area (Å²) in [5.74, 6) is 1.09. The number of hydrogen-bond acceptors (Lipinski definition) is 7. The number of rotatable bonds is 3. The van der Waals surface area contributed by atoms with Crippen molar-refractivity contribution in [3.63, 3.8) is 0 Å². The van der Waals surface area contributed by atoms with Crippen LogP contribution in [-0.2, 0) is 0 Å². The Labute approximate surface area is 154 Å². The first-order valence-electron chi connectivity index (χ1n) is 8.15. The Morgan fingerprint density at radius 1 is 1.16 bits per heavy atom. The van der Waals surface area contributed by atoms with Crippen molar-refractivity contribution in [2.45, 2.75) is 0 Å². The molecule has 1 aliphatic rings. The highest BCUT2D eigenvalue weighted by atomic mass is 32.1. The molecule has 0 spiro atoms. The van der Waals surface area contributed by atoms with Gasteiger partial charge in [-0.15, -0.1) is 11.3 Å². The van der Waals surface area contributed by atoms with Crippen molar-refractivity contribution >= 4 is 49.1 Å². The van der Waals surface area contributed by atoms with E-state index in [2.05, 4.69) is 14.9 Å². The number of nitrogens with zero attached hydrogens (tertiary/aromatic N) is 5. The van der Waals surface area contributed by atoms with Crippen LogP contribution in [0.15, 0.2) is 30.5 Å². The van der Waals surface area contributed by atoms with Gasteiger partial charge >= 0.3 is 0 Å². The third-order valence-corrected chi connectivity index (χ3v) is 6.53. The summed E-state index contributed by atoms with van der Waals surface area (Å²) >= 11 is 3.12. The van der Waals surface area contributed by atoms with Gasteiger partial charge in [-0.2, -0.15) is 0 Å². The van der Waals surface area contributed by atoms with Crippen molar-refractivity contribution in [2.24, 2.45) is 0 Å². The second-order valence-electron chi connectivity index (χ2n) is 6.14. The van der Waals surface area contributed by atoms with E-state index in [0.717, 1.165) is 51.5 Å². The largest absolute Gasteiger partial charge is 0.354 e. The predicted molar refractivity (Wildman–Crippen MR) is 104 cm³/mol. The van der Waals surface area contributed by atoms with Gasteiger partial charge in [0.15, 0.2) is 5.13 Å². The van der Waals surface area contributed by atoms with E-state index in [0.29, 0.717) is 0 Å². The zero-order valence-corrected chi connectivity index (χ0v) is 15.8. The van der Waals surface area contributed by atoms with Crippen LogP contribution >= 0.6 is 22.7 Å². The molecule has 0 saturated carbocycles. The number of hydrogen-bond donors (Lipinski definition) is 0. The molecule has 1 aliphatic heterocycles. The lowest BCUT2D eigenvalue weighted by Crippen LogP contribution is -2.48. The average molecular weight is 374 g/mol. The van der Waals surface area contributed by atoms with Gasteiger partial charge in [-0.25, -0.2) is 9.97 Å². The Morgan fingerprint density at radius 3 is 2.60 bits per heavy atom. The summed E-state index contributed by atoms with van der Waals surface area (Å²) in [6.45, 7) is 3.06. The minimum Gasteiger partial charge on any atom is -0.354 e. The third kappa shape index (κ3) is 3.19. The minimum absolute atomic E-state index is 0.113. The van der Waals surface area contributed by atoms with E-state index >= 15 is 0 Å². The molecule has 1 saturated heterocycles. The first kappa shape index (κ1) is 16.3. The van der Waals surface area contributed by atoms with E-state index in [9.17, 15) is 4.79 Å². The summed E-state index contributed by atoms with van der Waals surface area (Å²) in [4.78, 5) is 29.7. The van der Waals surface area contributed by atoms with Crippen molar-refractivity contribution < 1.29 is 4.79 Å². The Bertz CT molecular complexity index is 849. The average Bonchev–Trinajstić information content (AvgIpc) is 3.21. The smallest absolute Gasteiger partial charge is 0.264 e. The molecule has 0 unspecified atom stereocenters. The van der Waals surface area contributed by atoms with Crippen molar-refractivity contribution in [3.05, 3.63) is 35.3 Å². The van der Waals surface area contributed by atoms with Gasteiger partial charge in [-0.1, -0.05) is 17.4 Å². The molecule has 0 bridgehead atoms. The highest BCUT2D eigenvalue weighted by Gasteiger charge is 2.24. The molecular weight excluding hydrogens is 354 g/mol. The molecule has 3 aromatic heterocycles. The van der Waals surface area contributed by atoms with Crippen molar-refractivity contribution in [3.8, 4) is 0 Å². The summed E-state index contributed by atoms with van der Waals surface area (Å²) in [6, 6.07) is 7.91. The van der Waals surface area contributed by atoms with Crippen LogP contribution in [0.1, 0.15) is 9.67 Å². The first-order chi connectivity index (χ1) is 12.1. The summed E-state index contributed by atoms with van der Waals surface area (Å²) in [5, 5.41) is 0.976. The molecular formula is C17H19N5OS2. The van der Waals surface area contributed by atoms with E-state index in [1.54, 1.807) is 17.5 Å².